The molecule has 0 amide bonds. The third kappa shape index (κ3) is 3.41. The Balaban J connectivity index is 2.83. The number of carbonyl (C=O) groups excluding carboxylic acids is 1. The van der Waals surface area contributed by atoms with Gasteiger partial charge >= 0.3 is 5.97 Å². The van der Waals surface area contributed by atoms with E-state index < -0.39 is 5.97 Å². The van der Waals surface area contributed by atoms with Gasteiger partial charge < -0.3 is 4.74 Å². The summed E-state index contributed by atoms with van der Waals surface area (Å²) < 4.78 is 4.73. The third-order valence-corrected chi connectivity index (χ3v) is 2.14. The summed E-state index contributed by atoms with van der Waals surface area (Å²) in [5, 5.41) is 9.07. The number of nitrogens with zero attached hydrogens (tertiary/aromatic N) is 1. The Labute approximate surface area is 98.9 Å². The molecule has 0 saturated heterocycles. The number of hydrogen-bond donors (Lipinski definition) is 0. The lowest BCUT2D eigenvalue weighted by Gasteiger charge is -1.98. The van der Waals surface area contributed by atoms with Crippen molar-refractivity contribution in [2.75, 3.05) is 6.61 Å². The zero-order valence-corrected chi connectivity index (χ0v) is 9.49. The van der Waals surface area contributed by atoms with E-state index in [0.29, 0.717) is 22.8 Å². The van der Waals surface area contributed by atoms with Gasteiger partial charge in [0.1, 0.15) is 0 Å². The lowest BCUT2D eigenvalue weighted by atomic mass is 10.1. The van der Waals surface area contributed by atoms with E-state index >= 15 is 0 Å². The molecule has 0 heterocycles. The Morgan fingerprint density at radius 1 is 1.62 bits per heavy atom. The fourth-order valence-corrected chi connectivity index (χ4v) is 1.32. The van der Waals surface area contributed by atoms with E-state index in [1.807, 2.05) is 6.07 Å². The van der Waals surface area contributed by atoms with Gasteiger partial charge in [0.05, 0.1) is 18.2 Å². The number of esters is 1. The molecule has 0 aliphatic carbocycles. The molecule has 0 fully saturated rings. The predicted octanol–water partition coefficient (Wildman–Crippen LogP) is 2.79. The summed E-state index contributed by atoms with van der Waals surface area (Å²) in [6.07, 6.45) is 2.86. The van der Waals surface area contributed by atoms with Gasteiger partial charge in [-0.25, -0.2) is 4.79 Å². The average Bonchev–Trinajstić information content (AvgIpc) is 2.27. The van der Waals surface area contributed by atoms with Crippen LogP contribution in [0.5, 0.6) is 0 Å². The van der Waals surface area contributed by atoms with Crippen molar-refractivity contribution in [3.8, 4) is 6.07 Å². The molecule has 0 atom stereocenters. The van der Waals surface area contributed by atoms with Gasteiger partial charge in [-0.2, -0.15) is 5.26 Å². The number of nitriles is 1. The minimum Gasteiger partial charge on any atom is -0.463 e. The van der Waals surface area contributed by atoms with E-state index in [2.05, 4.69) is 0 Å². The molecule has 0 radical (unpaired) electrons. The first-order chi connectivity index (χ1) is 7.67. The van der Waals surface area contributed by atoms with E-state index in [4.69, 9.17) is 21.6 Å². The van der Waals surface area contributed by atoms with Gasteiger partial charge in [-0.3, -0.25) is 0 Å². The first kappa shape index (κ1) is 12.3. The molecule has 3 nitrogen and oxygen atoms in total. The number of hydrogen-bond acceptors (Lipinski definition) is 3. The summed E-state index contributed by atoms with van der Waals surface area (Å²) >= 11 is 5.91. The molecule has 1 aromatic rings. The molecule has 0 unspecified atom stereocenters. The summed E-state index contributed by atoms with van der Waals surface area (Å²) in [5.74, 6) is -0.414. The van der Waals surface area contributed by atoms with Crippen LogP contribution in [0.4, 0.5) is 0 Å². The molecule has 82 valence electrons. The van der Waals surface area contributed by atoms with Gasteiger partial charge in [0.15, 0.2) is 0 Å². The average molecular weight is 236 g/mol. The van der Waals surface area contributed by atoms with Crippen molar-refractivity contribution in [3.63, 3.8) is 0 Å². The highest BCUT2D eigenvalue weighted by Crippen LogP contribution is 2.18. The van der Waals surface area contributed by atoms with Crippen molar-refractivity contribution in [2.45, 2.75) is 6.92 Å². The third-order valence-electron chi connectivity index (χ3n) is 1.82. The smallest absolute Gasteiger partial charge is 0.330 e. The van der Waals surface area contributed by atoms with Gasteiger partial charge in [-0.15, -0.1) is 0 Å². The molecule has 0 N–H and O–H groups in total. The fourth-order valence-electron chi connectivity index (χ4n) is 1.08. The van der Waals surface area contributed by atoms with E-state index in [-0.39, 0.29) is 0 Å². The maximum atomic E-state index is 11.0. The van der Waals surface area contributed by atoms with E-state index in [0.717, 1.165) is 0 Å². The Bertz CT molecular complexity index is 461. The lowest BCUT2D eigenvalue weighted by molar-refractivity contribution is -0.137. The molecule has 0 aliphatic heterocycles. The van der Waals surface area contributed by atoms with E-state index in [1.54, 1.807) is 31.2 Å². The Morgan fingerprint density at radius 3 is 2.94 bits per heavy atom. The van der Waals surface area contributed by atoms with E-state index in [1.165, 1.54) is 6.08 Å². The highest BCUT2D eigenvalue weighted by atomic mass is 35.5. The van der Waals surface area contributed by atoms with Crippen molar-refractivity contribution in [2.24, 2.45) is 0 Å². The second-order valence-corrected chi connectivity index (χ2v) is 3.34. The topological polar surface area (TPSA) is 50.1 Å². The van der Waals surface area contributed by atoms with Gasteiger partial charge in [0, 0.05) is 11.1 Å². The molecule has 0 aliphatic rings. The monoisotopic (exact) mass is 235 g/mol. The summed E-state index contributed by atoms with van der Waals surface area (Å²) in [6.45, 7) is 2.07. The largest absolute Gasteiger partial charge is 0.463 e. The molecule has 0 aromatic heterocycles. The predicted molar refractivity (Wildman–Crippen MR) is 61.8 cm³/mol. The molecule has 0 bridgehead atoms. The molecule has 4 heteroatoms. The number of ether oxygens (including phenoxy) is 1. The summed E-state index contributed by atoms with van der Waals surface area (Å²) in [6, 6.07) is 6.84. The second kappa shape index (κ2) is 5.94. The van der Waals surface area contributed by atoms with Crippen LogP contribution in [-0.4, -0.2) is 12.6 Å². The lowest BCUT2D eigenvalue weighted by Crippen LogP contribution is -1.98. The quantitative estimate of drug-likeness (QED) is 0.598. The zero-order valence-electron chi connectivity index (χ0n) is 8.74. The Hall–Kier alpha value is -1.79. The van der Waals surface area contributed by atoms with Crippen LogP contribution >= 0.6 is 11.6 Å². The number of halogens is 1. The second-order valence-electron chi connectivity index (χ2n) is 2.93. The van der Waals surface area contributed by atoms with Crippen molar-refractivity contribution in [3.05, 3.63) is 40.4 Å². The van der Waals surface area contributed by atoms with Crippen molar-refractivity contribution < 1.29 is 9.53 Å². The fraction of sp³-hybridized carbons (Fsp3) is 0.167. The maximum absolute atomic E-state index is 11.0. The van der Waals surface area contributed by atoms with Crippen LogP contribution in [0.1, 0.15) is 18.1 Å². The zero-order chi connectivity index (χ0) is 12.0. The van der Waals surface area contributed by atoms with Gasteiger partial charge in [-0.1, -0.05) is 17.7 Å². The van der Waals surface area contributed by atoms with E-state index in [9.17, 15) is 4.79 Å². The molecule has 1 rings (SSSR count). The van der Waals surface area contributed by atoms with Gasteiger partial charge in [0.2, 0.25) is 0 Å². The number of benzene rings is 1. The Kier molecular flexibility index (Phi) is 4.56. The van der Waals surface area contributed by atoms with Gasteiger partial charge in [-0.05, 0) is 30.7 Å². The van der Waals surface area contributed by atoms with Crippen LogP contribution < -0.4 is 0 Å². The summed E-state index contributed by atoms with van der Waals surface area (Å²) in [5.41, 5.74) is 1.16. The molecule has 0 spiro atoms. The first-order valence-electron chi connectivity index (χ1n) is 4.72. The number of carbonyl (C=O) groups is 1. The van der Waals surface area contributed by atoms with Crippen molar-refractivity contribution >= 4 is 23.6 Å². The molecular formula is C12H10ClNO2. The highest BCUT2D eigenvalue weighted by molar-refractivity contribution is 6.32. The molecular weight excluding hydrogens is 226 g/mol. The van der Waals surface area contributed by atoms with Crippen molar-refractivity contribution in [1.82, 2.24) is 0 Å². The SMILES string of the molecule is CCOC(=O)C=Cc1ccc(C#N)cc1Cl. The van der Waals surface area contributed by atoms with Gasteiger partial charge in [0.25, 0.3) is 0 Å². The van der Waals surface area contributed by atoms with Crippen LogP contribution in [0.2, 0.25) is 5.02 Å². The maximum Gasteiger partial charge on any atom is 0.330 e. The van der Waals surface area contributed by atoms with Crippen LogP contribution in [0, 0.1) is 11.3 Å². The van der Waals surface area contributed by atoms with Crippen LogP contribution in [0.3, 0.4) is 0 Å². The minimum atomic E-state index is -0.414. The Morgan fingerprint density at radius 2 is 2.38 bits per heavy atom. The number of rotatable bonds is 3. The normalized spacial score (nSPS) is 10.1. The first-order valence-corrected chi connectivity index (χ1v) is 5.09. The molecule has 1 aromatic carbocycles. The standard InChI is InChI=1S/C12H10ClNO2/c1-2-16-12(15)6-5-10-4-3-9(8-14)7-11(10)13/h3-7H,2H2,1H3. The van der Waals surface area contributed by atoms with Crippen LogP contribution in [0.15, 0.2) is 24.3 Å². The highest BCUT2D eigenvalue weighted by Gasteiger charge is 2.00. The minimum absolute atomic E-state index is 0.338. The van der Waals surface area contributed by atoms with Crippen LogP contribution in [0.25, 0.3) is 6.08 Å². The van der Waals surface area contributed by atoms with Crippen LogP contribution in [-0.2, 0) is 9.53 Å². The summed E-state index contributed by atoms with van der Waals surface area (Å²) in [7, 11) is 0. The molecule has 16 heavy (non-hydrogen) atoms. The summed E-state index contributed by atoms with van der Waals surface area (Å²) in [4.78, 5) is 11.0. The molecule has 0 saturated carbocycles. The van der Waals surface area contributed by atoms with Crippen molar-refractivity contribution in [1.29, 1.82) is 5.26 Å².